The normalized spacial score (nSPS) is 12.2. The second-order valence-electron chi connectivity index (χ2n) is 4.22. The number of halogens is 1. The van der Waals surface area contributed by atoms with E-state index >= 15 is 0 Å². The number of rotatable bonds is 3. The van der Waals surface area contributed by atoms with Gasteiger partial charge in [0.15, 0.2) is 0 Å². The number of hydrogen-bond acceptors (Lipinski definition) is 2. The van der Waals surface area contributed by atoms with Crippen molar-refractivity contribution in [1.29, 1.82) is 0 Å². The van der Waals surface area contributed by atoms with Gasteiger partial charge in [-0.2, -0.15) is 0 Å². The van der Waals surface area contributed by atoms with Gasteiger partial charge in [0.05, 0.1) is 13.2 Å². The van der Waals surface area contributed by atoms with Gasteiger partial charge in [-0.1, -0.05) is 24.3 Å². The summed E-state index contributed by atoms with van der Waals surface area (Å²) in [7, 11) is 1.68. The number of methoxy groups -OCH3 is 1. The Morgan fingerprint density at radius 1 is 1.11 bits per heavy atom. The lowest BCUT2D eigenvalue weighted by Gasteiger charge is -2.17. The molecule has 0 aliphatic carbocycles. The third-order valence-electron chi connectivity index (χ3n) is 3.05. The lowest BCUT2D eigenvalue weighted by atomic mass is 9.96. The van der Waals surface area contributed by atoms with Crippen LogP contribution >= 0.6 is 22.6 Å². The molecule has 0 bridgehead atoms. The number of ether oxygens (including phenoxy) is 1. The fourth-order valence-electron chi connectivity index (χ4n) is 2.02. The van der Waals surface area contributed by atoms with Crippen LogP contribution in [-0.4, -0.2) is 7.11 Å². The van der Waals surface area contributed by atoms with Gasteiger partial charge in [-0.3, -0.25) is 0 Å². The van der Waals surface area contributed by atoms with Crippen LogP contribution in [0.25, 0.3) is 0 Å². The second kappa shape index (κ2) is 5.71. The number of aryl methyl sites for hydroxylation is 1. The van der Waals surface area contributed by atoms with Crippen LogP contribution in [0, 0.1) is 10.5 Å². The van der Waals surface area contributed by atoms with E-state index in [9.17, 15) is 0 Å². The van der Waals surface area contributed by atoms with E-state index in [1.165, 1.54) is 3.57 Å². The van der Waals surface area contributed by atoms with Gasteiger partial charge in [0, 0.05) is 3.57 Å². The third kappa shape index (κ3) is 2.67. The SMILES string of the molecule is COc1ccc(C(N)c2ccccc2I)c(C)c1. The standard InChI is InChI=1S/C15H16INO/c1-10-9-11(18-2)7-8-12(10)15(17)13-5-3-4-6-14(13)16/h3-9,15H,17H2,1-2H3. The zero-order chi connectivity index (χ0) is 13.1. The highest BCUT2D eigenvalue weighted by Crippen LogP contribution is 2.28. The quantitative estimate of drug-likeness (QED) is 0.855. The van der Waals surface area contributed by atoms with Gasteiger partial charge in [-0.15, -0.1) is 0 Å². The Morgan fingerprint density at radius 2 is 1.83 bits per heavy atom. The van der Waals surface area contributed by atoms with E-state index in [1.807, 2.05) is 30.3 Å². The van der Waals surface area contributed by atoms with Crippen molar-refractivity contribution in [2.24, 2.45) is 5.73 Å². The van der Waals surface area contributed by atoms with Crippen LogP contribution in [0.1, 0.15) is 22.7 Å². The van der Waals surface area contributed by atoms with Gasteiger partial charge in [0.1, 0.15) is 5.75 Å². The third-order valence-corrected chi connectivity index (χ3v) is 4.03. The van der Waals surface area contributed by atoms with Crippen molar-refractivity contribution in [3.63, 3.8) is 0 Å². The van der Waals surface area contributed by atoms with E-state index in [1.54, 1.807) is 7.11 Å². The predicted octanol–water partition coefficient (Wildman–Crippen LogP) is 3.66. The summed E-state index contributed by atoms with van der Waals surface area (Å²) in [5, 5.41) is 0. The Balaban J connectivity index is 2.40. The van der Waals surface area contributed by atoms with E-state index < -0.39 is 0 Å². The maximum absolute atomic E-state index is 6.36. The molecule has 2 aromatic carbocycles. The lowest BCUT2D eigenvalue weighted by molar-refractivity contribution is 0.414. The summed E-state index contributed by atoms with van der Waals surface area (Å²) in [6, 6.07) is 14.1. The molecule has 1 unspecified atom stereocenters. The molecule has 2 N–H and O–H groups in total. The van der Waals surface area contributed by atoms with Crippen molar-refractivity contribution < 1.29 is 4.74 Å². The number of hydrogen-bond donors (Lipinski definition) is 1. The highest BCUT2D eigenvalue weighted by Gasteiger charge is 2.14. The molecular weight excluding hydrogens is 337 g/mol. The van der Waals surface area contributed by atoms with Crippen LogP contribution in [0.3, 0.4) is 0 Å². The Hall–Kier alpha value is -1.07. The van der Waals surface area contributed by atoms with Gasteiger partial charge in [-0.05, 0) is 64.4 Å². The van der Waals surface area contributed by atoms with E-state index in [0.717, 1.165) is 22.4 Å². The van der Waals surface area contributed by atoms with Crippen LogP contribution in [0.4, 0.5) is 0 Å². The van der Waals surface area contributed by atoms with Crippen molar-refractivity contribution in [3.8, 4) is 5.75 Å². The molecule has 0 aliphatic heterocycles. The monoisotopic (exact) mass is 353 g/mol. The average Bonchev–Trinajstić information content (AvgIpc) is 2.38. The maximum atomic E-state index is 6.36. The summed E-state index contributed by atoms with van der Waals surface area (Å²) < 4.78 is 6.41. The van der Waals surface area contributed by atoms with Crippen LogP contribution in [0.2, 0.25) is 0 Å². The Labute approximate surface area is 121 Å². The molecule has 0 amide bonds. The molecule has 0 radical (unpaired) electrons. The highest BCUT2D eigenvalue weighted by molar-refractivity contribution is 14.1. The molecule has 1 atom stereocenters. The van der Waals surface area contributed by atoms with Crippen LogP contribution in [-0.2, 0) is 0 Å². The van der Waals surface area contributed by atoms with Crippen LogP contribution < -0.4 is 10.5 Å². The molecule has 18 heavy (non-hydrogen) atoms. The number of nitrogens with two attached hydrogens (primary N) is 1. The number of benzene rings is 2. The van der Waals surface area contributed by atoms with E-state index in [2.05, 4.69) is 41.6 Å². The molecule has 0 aromatic heterocycles. The van der Waals surface area contributed by atoms with Gasteiger partial charge >= 0.3 is 0 Å². The first-order valence-electron chi connectivity index (χ1n) is 5.78. The first-order chi connectivity index (χ1) is 8.63. The largest absolute Gasteiger partial charge is 0.497 e. The minimum atomic E-state index is -0.0935. The molecule has 2 nitrogen and oxygen atoms in total. The maximum Gasteiger partial charge on any atom is 0.119 e. The summed E-state index contributed by atoms with van der Waals surface area (Å²) in [6.07, 6.45) is 0. The van der Waals surface area contributed by atoms with Crippen molar-refractivity contribution in [1.82, 2.24) is 0 Å². The Bertz CT molecular complexity index is 554. The Kier molecular flexibility index (Phi) is 4.24. The molecule has 0 spiro atoms. The minimum Gasteiger partial charge on any atom is -0.497 e. The average molecular weight is 353 g/mol. The van der Waals surface area contributed by atoms with Crippen LogP contribution in [0.5, 0.6) is 5.75 Å². The molecule has 2 rings (SSSR count). The van der Waals surface area contributed by atoms with Crippen molar-refractivity contribution in [3.05, 3.63) is 62.7 Å². The van der Waals surface area contributed by atoms with Crippen molar-refractivity contribution in [2.75, 3.05) is 7.11 Å². The fourth-order valence-corrected chi connectivity index (χ4v) is 2.74. The van der Waals surface area contributed by atoms with Gasteiger partial charge < -0.3 is 10.5 Å². The van der Waals surface area contributed by atoms with E-state index in [0.29, 0.717) is 0 Å². The summed E-state index contributed by atoms with van der Waals surface area (Å²) in [5.74, 6) is 0.867. The first kappa shape index (κ1) is 13.4. The molecule has 94 valence electrons. The molecule has 0 heterocycles. The molecule has 0 saturated heterocycles. The molecule has 0 aliphatic rings. The Morgan fingerprint density at radius 3 is 2.44 bits per heavy atom. The summed E-state index contributed by atoms with van der Waals surface area (Å²) in [4.78, 5) is 0. The molecule has 3 heteroatoms. The minimum absolute atomic E-state index is 0.0935. The van der Waals surface area contributed by atoms with Crippen LogP contribution in [0.15, 0.2) is 42.5 Å². The van der Waals surface area contributed by atoms with Crippen molar-refractivity contribution >= 4 is 22.6 Å². The smallest absolute Gasteiger partial charge is 0.119 e. The first-order valence-corrected chi connectivity index (χ1v) is 6.86. The molecule has 0 saturated carbocycles. The molecule has 0 fully saturated rings. The van der Waals surface area contributed by atoms with E-state index in [-0.39, 0.29) is 6.04 Å². The zero-order valence-electron chi connectivity index (χ0n) is 10.5. The highest BCUT2D eigenvalue weighted by atomic mass is 127. The molecule has 2 aromatic rings. The topological polar surface area (TPSA) is 35.2 Å². The van der Waals surface area contributed by atoms with Gasteiger partial charge in [0.25, 0.3) is 0 Å². The van der Waals surface area contributed by atoms with Gasteiger partial charge in [0.2, 0.25) is 0 Å². The summed E-state index contributed by atoms with van der Waals surface area (Å²) in [6.45, 7) is 2.06. The summed E-state index contributed by atoms with van der Waals surface area (Å²) >= 11 is 2.32. The summed E-state index contributed by atoms with van der Waals surface area (Å²) in [5.41, 5.74) is 9.82. The van der Waals surface area contributed by atoms with Gasteiger partial charge in [-0.25, -0.2) is 0 Å². The van der Waals surface area contributed by atoms with E-state index in [4.69, 9.17) is 10.5 Å². The fraction of sp³-hybridized carbons (Fsp3) is 0.200. The second-order valence-corrected chi connectivity index (χ2v) is 5.38. The van der Waals surface area contributed by atoms with Crippen molar-refractivity contribution in [2.45, 2.75) is 13.0 Å². The molecular formula is C15H16INO. The predicted molar refractivity (Wildman–Crippen MR) is 82.9 cm³/mol. The zero-order valence-corrected chi connectivity index (χ0v) is 12.6. The lowest BCUT2D eigenvalue weighted by Crippen LogP contribution is -2.14.